The number of benzene rings is 2. The van der Waals surface area contributed by atoms with Crippen molar-refractivity contribution in [1.82, 2.24) is 14.8 Å². The van der Waals surface area contributed by atoms with Gasteiger partial charge in [-0.1, -0.05) is 36.4 Å². The number of rotatable bonds is 7. The number of carbonyl (C=O) groups excluding carboxylic acids is 1. The number of aromatic nitrogens is 1. The van der Waals surface area contributed by atoms with Crippen molar-refractivity contribution >= 4 is 22.4 Å². The molecule has 2 heterocycles. The number of amides is 1. The fourth-order valence-electron chi connectivity index (χ4n) is 5.67. The van der Waals surface area contributed by atoms with Gasteiger partial charge in [-0.25, -0.2) is 0 Å². The highest BCUT2D eigenvalue weighted by molar-refractivity contribution is 5.99. The van der Waals surface area contributed by atoms with Gasteiger partial charge in [-0.15, -0.1) is 0 Å². The van der Waals surface area contributed by atoms with Crippen molar-refractivity contribution in [2.24, 2.45) is 5.92 Å². The summed E-state index contributed by atoms with van der Waals surface area (Å²) in [5.41, 5.74) is 6.35. The van der Waals surface area contributed by atoms with Crippen LogP contribution in [0.3, 0.4) is 0 Å². The Hall–Kier alpha value is -3.05. The average Bonchev–Trinajstić information content (AvgIpc) is 3.27. The monoisotopic (exact) mass is 443 g/mol. The van der Waals surface area contributed by atoms with Crippen molar-refractivity contribution in [1.29, 1.82) is 0 Å². The Labute approximate surface area is 196 Å². The van der Waals surface area contributed by atoms with Crippen LogP contribution >= 0.6 is 0 Å². The number of H-pyrrole nitrogens is 1. The van der Waals surface area contributed by atoms with E-state index < -0.39 is 0 Å². The summed E-state index contributed by atoms with van der Waals surface area (Å²) in [4.78, 5) is 21.4. The molecular formula is C28H33N3O2. The summed E-state index contributed by atoms with van der Waals surface area (Å²) in [6, 6.07) is 15.0. The molecule has 0 saturated carbocycles. The Morgan fingerprint density at radius 3 is 2.76 bits per heavy atom. The van der Waals surface area contributed by atoms with Crippen LogP contribution in [0.4, 0.5) is 0 Å². The summed E-state index contributed by atoms with van der Waals surface area (Å²) in [5.74, 6) is 1.05. The van der Waals surface area contributed by atoms with E-state index >= 15 is 0 Å². The van der Waals surface area contributed by atoms with E-state index in [0.717, 1.165) is 44.8 Å². The number of hydrogen-bond acceptors (Lipinski definition) is 3. The van der Waals surface area contributed by atoms with E-state index in [2.05, 4.69) is 66.3 Å². The molecule has 5 heteroatoms. The molecule has 1 aromatic heterocycles. The van der Waals surface area contributed by atoms with E-state index in [9.17, 15) is 4.79 Å². The average molecular weight is 444 g/mol. The number of aromatic amines is 1. The summed E-state index contributed by atoms with van der Waals surface area (Å²) < 4.78 is 5.59. The van der Waals surface area contributed by atoms with Gasteiger partial charge in [-0.2, -0.15) is 0 Å². The zero-order chi connectivity index (χ0) is 22.9. The zero-order valence-corrected chi connectivity index (χ0v) is 19.8. The Bertz CT molecular complexity index is 1190. The van der Waals surface area contributed by atoms with Gasteiger partial charge in [0.2, 0.25) is 5.91 Å². The third kappa shape index (κ3) is 3.84. The molecule has 172 valence electrons. The minimum Gasteiger partial charge on any atom is -0.496 e. The maximum atomic E-state index is 13.4. The summed E-state index contributed by atoms with van der Waals surface area (Å²) in [6.07, 6.45) is 6.30. The van der Waals surface area contributed by atoms with Crippen LogP contribution in [0, 0.1) is 5.92 Å². The largest absolute Gasteiger partial charge is 0.496 e. The van der Waals surface area contributed by atoms with Crippen LogP contribution in [-0.4, -0.2) is 60.0 Å². The highest BCUT2D eigenvalue weighted by Gasteiger charge is 2.37. The molecule has 2 atom stereocenters. The predicted octanol–water partition coefficient (Wildman–Crippen LogP) is 4.53. The number of fused-ring (bicyclic) bond motifs is 2. The first-order chi connectivity index (χ1) is 16.1. The second kappa shape index (κ2) is 9.06. The highest BCUT2D eigenvalue weighted by atomic mass is 16.5. The SMILES string of the molecule is CCN(CC)C(=O)[C@@H]1C=C2c3cccc4[nH]cc(c34)C[C@H]2N(CCc2ccccc2OC)C1. The van der Waals surface area contributed by atoms with Gasteiger partial charge < -0.3 is 14.6 Å². The molecule has 0 unspecified atom stereocenters. The molecule has 1 aliphatic carbocycles. The van der Waals surface area contributed by atoms with Gasteiger partial charge in [-0.3, -0.25) is 9.69 Å². The van der Waals surface area contributed by atoms with E-state index in [1.807, 2.05) is 17.0 Å². The van der Waals surface area contributed by atoms with E-state index in [1.54, 1.807) is 7.11 Å². The number of methoxy groups -OCH3 is 1. The number of para-hydroxylation sites is 1. The first-order valence-corrected chi connectivity index (χ1v) is 12.1. The Morgan fingerprint density at radius 1 is 1.15 bits per heavy atom. The molecule has 5 rings (SSSR count). The smallest absolute Gasteiger partial charge is 0.230 e. The maximum Gasteiger partial charge on any atom is 0.230 e. The standard InChI is InChI=1S/C28H33N3O2/c1-4-30(5-2)28(32)21-15-23-22-10-8-11-24-27(22)20(17-29-24)16-25(23)31(18-21)14-13-19-9-6-7-12-26(19)33-3/h6-12,15,17,21,25,29H,4-5,13-14,16,18H2,1-3H3/t21-,25-/m1/s1. The molecule has 3 aromatic rings. The molecule has 0 fully saturated rings. The van der Waals surface area contributed by atoms with Crippen molar-refractivity contribution < 1.29 is 9.53 Å². The second-order valence-corrected chi connectivity index (χ2v) is 9.06. The van der Waals surface area contributed by atoms with Crippen LogP contribution in [0.25, 0.3) is 16.5 Å². The number of carbonyl (C=O) groups is 1. The second-order valence-electron chi connectivity index (χ2n) is 9.06. The summed E-state index contributed by atoms with van der Waals surface area (Å²) in [6.45, 7) is 7.27. The summed E-state index contributed by atoms with van der Waals surface area (Å²) in [5, 5.41) is 1.32. The molecular weight excluding hydrogens is 410 g/mol. The van der Waals surface area contributed by atoms with Crippen LogP contribution in [0.5, 0.6) is 5.75 Å². The Morgan fingerprint density at radius 2 is 1.97 bits per heavy atom. The fraction of sp³-hybridized carbons (Fsp3) is 0.393. The van der Waals surface area contributed by atoms with Gasteiger partial charge in [0.15, 0.2) is 0 Å². The van der Waals surface area contributed by atoms with Gasteiger partial charge in [0.05, 0.1) is 13.0 Å². The molecule has 5 nitrogen and oxygen atoms in total. The van der Waals surface area contributed by atoms with Crippen LogP contribution < -0.4 is 4.74 Å². The Balaban J connectivity index is 1.51. The third-order valence-electron chi connectivity index (χ3n) is 7.38. The molecule has 33 heavy (non-hydrogen) atoms. The van der Waals surface area contributed by atoms with Gasteiger partial charge in [0.1, 0.15) is 5.75 Å². The number of nitrogens with zero attached hydrogens (tertiary/aromatic N) is 2. The third-order valence-corrected chi connectivity index (χ3v) is 7.38. The lowest BCUT2D eigenvalue weighted by Gasteiger charge is -2.42. The van der Waals surface area contributed by atoms with Crippen molar-refractivity contribution in [2.45, 2.75) is 32.7 Å². The van der Waals surface area contributed by atoms with Crippen molar-refractivity contribution in [3.05, 3.63) is 71.4 Å². The van der Waals surface area contributed by atoms with Crippen LogP contribution in [0.1, 0.15) is 30.5 Å². The summed E-state index contributed by atoms with van der Waals surface area (Å²) >= 11 is 0. The first kappa shape index (κ1) is 21.8. The lowest BCUT2D eigenvalue weighted by molar-refractivity contribution is -0.134. The predicted molar refractivity (Wildman–Crippen MR) is 133 cm³/mol. The van der Waals surface area contributed by atoms with Crippen molar-refractivity contribution in [2.75, 3.05) is 33.3 Å². The number of nitrogens with one attached hydrogen (secondary N) is 1. The normalized spacial score (nSPS) is 19.8. The van der Waals surface area contributed by atoms with E-state index in [-0.39, 0.29) is 17.9 Å². The molecule has 2 aromatic carbocycles. The van der Waals surface area contributed by atoms with E-state index in [1.165, 1.54) is 33.2 Å². The number of hydrogen-bond donors (Lipinski definition) is 1. The number of ether oxygens (including phenoxy) is 1. The molecule has 0 radical (unpaired) electrons. The van der Waals surface area contributed by atoms with Crippen LogP contribution in [-0.2, 0) is 17.6 Å². The Kier molecular flexibility index (Phi) is 5.98. The lowest BCUT2D eigenvalue weighted by Crippen LogP contribution is -2.49. The molecule has 0 saturated heterocycles. The minimum absolute atomic E-state index is 0.121. The van der Waals surface area contributed by atoms with Gasteiger partial charge >= 0.3 is 0 Å². The molecule has 0 bridgehead atoms. The van der Waals surface area contributed by atoms with Gasteiger partial charge in [0.25, 0.3) is 0 Å². The molecule has 0 spiro atoms. The molecule has 2 aliphatic rings. The van der Waals surface area contributed by atoms with E-state index in [4.69, 9.17) is 4.74 Å². The lowest BCUT2D eigenvalue weighted by atomic mass is 9.79. The molecule has 1 N–H and O–H groups in total. The fourth-order valence-corrected chi connectivity index (χ4v) is 5.67. The van der Waals surface area contributed by atoms with Crippen LogP contribution in [0.2, 0.25) is 0 Å². The van der Waals surface area contributed by atoms with Crippen molar-refractivity contribution in [3.63, 3.8) is 0 Å². The molecule has 1 amide bonds. The van der Waals surface area contributed by atoms with Crippen LogP contribution in [0.15, 0.2) is 54.7 Å². The summed E-state index contributed by atoms with van der Waals surface area (Å²) in [7, 11) is 1.73. The molecule has 1 aliphatic heterocycles. The van der Waals surface area contributed by atoms with E-state index in [0.29, 0.717) is 0 Å². The highest BCUT2D eigenvalue weighted by Crippen LogP contribution is 2.41. The minimum atomic E-state index is -0.121. The van der Waals surface area contributed by atoms with Gasteiger partial charge in [-0.05, 0) is 61.1 Å². The van der Waals surface area contributed by atoms with Crippen molar-refractivity contribution in [3.8, 4) is 5.75 Å². The zero-order valence-electron chi connectivity index (χ0n) is 19.8. The topological polar surface area (TPSA) is 48.6 Å². The maximum absolute atomic E-state index is 13.4. The quantitative estimate of drug-likeness (QED) is 0.584. The van der Waals surface area contributed by atoms with Gasteiger partial charge in [0, 0.05) is 49.3 Å². The first-order valence-electron chi connectivity index (χ1n) is 12.1.